The molecule has 0 spiro atoms. The number of hydrogen-bond acceptors (Lipinski definition) is 2. The van der Waals surface area contributed by atoms with Gasteiger partial charge in [-0.1, -0.05) is 35.9 Å². The van der Waals surface area contributed by atoms with Gasteiger partial charge in [0.25, 0.3) is 0 Å². The molecule has 1 aliphatic rings. The number of hydrogen-bond donors (Lipinski definition) is 2. The summed E-state index contributed by atoms with van der Waals surface area (Å²) in [6.07, 6.45) is 2.58. The number of carbonyl (C=O) groups is 1. The molecule has 0 aromatic heterocycles. The lowest BCUT2D eigenvalue weighted by Crippen LogP contribution is -2.35. The summed E-state index contributed by atoms with van der Waals surface area (Å²) in [5, 5.41) is 3.73. The Bertz CT molecular complexity index is 678. The fraction of sp³-hybridized carbons (Fsp3) is 0.278. The predicted molar refractivity (Wildman–Crippen MR) is 89.9 cm³/mol. The number of nitrogens with one attached hydrogen (secondary N) is 1. The van der Waals surface area contributed by atoms with Crippen LogP contribution >= 0.6 is 11.6 Å². The van der Waals surface area contributed by atoms with Crippen molar-refractivity contribution < 1.29 is 4.79 Å². The van der Waals surface area contributed by atoms with E-state index in [1.807, 2.05) is 48.5 Å². The number of nitrogens with two attached hydrogens (primary N) is 1. The first-order chi connectivity index (χ1) is 10.6. The molecule has 1 amide bonds. The second-order valence-electron chi connectivity index (χ2n) is 5.84. The largest absolute Gasteiger partial charge is 0.399 e. The summed E-state index contributed by atoms with van der Waals surface area (Å²) in [5.41, 5.74) is 8.24. The van der Waals surface area contributed by atoms with Crippen molar-refractivity contribution in [2.24, 2.45) is 0 Å². The van der Waals surface area contributed by atoms with Gasteiger partial charge in [-0.3, -0.25) is 4.79 Å². The summed E-state index contributed by atoms with van der Waals surface area (Å²) in [6, 6.07) is 15.4. The summed E-state index contributed by atoms with van der Waals surface area (Å²) in [4.78, 5) is 12.5. The highest BCUT2D eigenvalue weighted by Crippen LogP contribution is 2.48. The number of benzene rings is 2. The zero-order valence-electron chi connectivity index (χ0n) is 12.3. The molecule has 0 saturated heterocycles. The Kier molecular flexibility index (Phi) is 4.08. The molecule has 0 atom stereocenters. The molecule has 2 aromatic rings. The highest BCUT2D eigenvalue weighted by atomic mass is 35.5. The Morgan fingerprint density at radius 2 is 1.91 bits per heavy atom. The number of halogens is 1. The van der Waals surface area contributed by atoms with E-state index in [4.69, 9.17) is 17.3 Å². The average molecular weight is 315 g/mol. The van der Waals surface area contributed by atoms with Crippen LogP contribution in [0, 0.1) is 0 Å². The van der Waals surface area contributed by atoms with Crippen LogP contribution in [0.25, 0.3) is 0 Å². The van der Waals surface area contributed by atoms with E-state index in [2.05, 4.69) is 5.32 Å². The molecule has 0 radical (unpaired) electrons. The van der Waals surface area contributed by atoms with Crippen LogP contribution in [0.2, 0.25) is 5.02 Å². The molecule has 114 valence electrons. The van der Waals surface area contributed by atoms with Gasteiger partial charge in [-0.05, 0) is 54.7 Å². The molecule has 3 N–H and O–H groups in total. The van der Waals surface area contributed by atoms with Gasteiger partial charge in [0.15, 0.2) is 0 Å². The van der Waals surface area contributed by atoms with Crippen LogP contribution in [0.5, 0.6) is 0 Å². The van der Waals surface area contributed by atoms with E-state index >= 15 is 0 Å². The van der Waals surface area contributed by atoms with Crippen LogP contribution in [-0.4, -0.2) is 12.5 Å². The van der Waals surface area contributed by atoms with Gasteiger partial charge in [0.1, 0.15) is 0 Å². The van der Waals surface area contributed by atoms with Crippen molar-refractivity contribution in [3.8, 4) is 0 Å². The summed E-state index contributed by atoms with van der Waals surface area (Å²) in [7, 11) is 0. The summed E-state index contributed by atoms with van der Waals surface area (Å²) in [6.45, 7) is 0.630. The third kappa shape index (κ3) is 3.09. The van der Waals surface area contributed by atoms with Crippen LogP contribution in [0.3, 0.4) is 0 Å². The maximum absolute atomic E-state index is 12.5. The van der Waals surface area contributed by atoms with Gasteiger partial charge in [0.05, 0.1) is 5.41 Å². The quantitative estimate of drug-likeness (QED) is 0.832. The van der Waals surface area contributed by atoms with Crippen LogP contribution in [0.4, 0.5) is 5.69 Å². The lowest BCUT2D eigenvalue weighted by atomic mass is 9.95. The molecule has 2 aromatic carbocycles. The zero-order valence-corrected chi connectivity index (χ0v) is 13.1. The fourth-order valence-corrected chi connectivity index (χ4v) is 2.92. The second-order valence-corrected chi connectivity index (χ2v) is 6.28. The highest BCUT2D eigenvalue weighted by Gasteiger charge is 2.51. The standard InChI is InChI=1S/C18H19ClN2O/c19-15-3-1-2-14(12-15)18(9-10-18)17(22)21-11-8-13-4-6-16(20)7-5-13/h1-7,12H,8-11,20H2,(H,21,22). The Morgan fingerprint density at radius 1 is 1.18 bits per heavy atom. The van der Waals surface area contributed by atoms with E-state index in [-0.39, 0.29) is 11.3 Å². The molecular weight excluding hydrogens is 296 g/mol. The van der Waals surface area contributed by atoms with E-state index in [9.17, 15) is 4.79 Å². The van der Waals surface area contributed by atoms with Gasteiger partial charge >= 0.3 is 0 Å². The van der Waals surface area contributed by atoms with Crippen molar-refractivity contribution in [2.75, 3.05) is 12.3 Å². The number of anilines is 1. The number of carbonyl (C=O) groups excluding carboxylic acids is 1. The first-order valence-corrected chi connectivity index (χ1v) is 7.87. The van der Waals surface area contributed by atoms with E-state index in [0.29, 0.717) is 11.6 Å². The molecule has 1 fully saturated rings. The monoisotopic (exact) mass is 314 g/mol. The lowest BCUT2D eigenvalue weighted by Gasteiger charge is -2.16. The second kappa shape index (κ2) is 6.01. The van der Waals surface area contributed by atoms with Crippen LogP contribution in [-0.2, 0) is 16.6 Å². The fourth-order valence-electron chi connectivity index (χ4n) is 2.73. The maximum atomic E-state index is 12.5. The van der Waals surface area contributed by atoms with Crippen molar-refractivity contribution in [2.45, 2.75) is 24.7 Å². The van der Waals surface area contributed by atoms with Gasteiger partial charge < -0.3 is 11.1 Å². The molecule has 1 aliphatic carbocycles. The van der Waals surface area contributed by atoms with Crippen molar-refractivity contribution in [1.82, 2.24) is 5.32 Å². The molecule has 0 unspecified atom stereocenters. The van der Waals surface area contributed by atoms with Gasteiger partial charge in [-0.2, -0.15) is 0 Å². The van der Waals surface area contributed by atoms with E-state index in [1.165, 1.54) is 5.56 Å². The molecule has 3 nitrogen and oxygen atoms in total. The normalized spacial score (nSPS) is 15.3. The van der Waals surface area contributed by atoms with E-state index in [0.717, 1.165) is 30.5 Å². The number of amides is 1. The Hall–Kier alpha value is -2.00. The van der Waals surface area contributed by atoms with Gasteiger partial charge in [0, 0.05) is 17.3 Å². The highest BCUT2D eigenvalue weighted by molar-refractivity contribution is 6.30. The first kappa shape index (κ1) is 14.9. The Morgan fingerprint density at radius 3 is 2.55 bits per heavy atom. The van der Waals surface area contributed by atoms with E-state index in [1.54, 1.807) is 0 Å². The molecule has 1 saturated carbocycles. The third-order valence-electron chi connectivity index (χ3n) is 4.24. The molecule has 0 heterocycles. The Labute approximate surface area is 135 Å². The van der Waals surface area contributed by atoms with Gasteiger partial charge in [-0.25, -0.2) is 0 Å². The van der Waals surface area contributed by atoms with Crippen molar-refractivity contribution >= 4 is 23.2 Å². The molecule has 4 heteroatoms. The van der Waals surface area contributed by atoms with Crippen LogP contribution < -0.4 is 11.1 Å². The van der Waals surface area contributed by atoms with Crippen LogP contribution in [0.1, 0.15) is 24.0 Å². The molecular formula is C18H19ClN2O. The van der Waals surface area contributed by atoms with Crippen LogP contribution in [0.15, 0.2) is 48.5 Å². The summed E-state index contributed by atoms with van der Waals surface area (Å²) >= 11 is 6.04. The maximum Gasteiger partial charge on any atom is 0.230 e. The molecule has 3 rings (SSSR count). The van der Waals surface area contributed by atoms with Crippen molar-refractivity contribution in [1.29, 1.82) is 0 Å². The topological polar surface area (TPSA) is 55.1 Å². The lowest BCUT2D eigenvalue weighted by molar-refractivity contribution is -0.123. The van der Waals surface area contributed by atoms with E-state index < -0.39 is 0 Å². The molecule has 0 aliphatic heterocycles. The summed E-state index contributed by atoms with van der Waals surface area (Å²) < 4.78 is 0. The SMILES string of the molecule is Nc1ccc(CCNC(=O)C2(c3cccc(Cl)c3)CC2)cc1. The number of rotatable bonds is 5. The van der Waals surface area contributed by atoms with Crippen molar-refractivity contribution in [3.05, 3.63) is 64.7 Å². The Balaban J connectivity index is 1.59. The van der Waals surface area contributed by atoms with Gasteiger partial charge in [-0.15, -0.1) is 0 Å². The smallest absolute Gasteiger partial charge is 0.230 e. The molecule has 22 heavy (non-hydrogen) atoms. The zero-order chi connectivity index (χ0) is 15.6. The van der Waals surface area contributed by atoms with Gasteiger partial charge in [0.2, 0.25) is 5.91 Å². The first-order valence-electron chi connectivity index (χ1n) is 7.49. The third-order valence-corrected chi connectivity index (χ3v) is 4.48. The summed E-state index contributed by atoms with van der Waals surface area (Å²) in [5.74, 6) is 0.102. The predicted octanol–water partition coefficient (Wildman–Crippen LogP) is 3.31. The minimum absolute atomic E-state index is 0.102. The minimum Gasteiger partial charge on any atom is -0.399 e. The average Bonchev–Trinajstić information content (AvgIpc) is 3.31. The minimum atomic E-state index is -0.369. The number of nitrogen functional groups attached to an aromatic ring is 1. The van der Waals surface area contributed by atoms with Crippen molar-refractivity contribution in [3.63, 3.8) is 0 Å². The molecule has 0 bridgehead atoms.